The molecule has 1 aliphatic rings. The Morgan fingerprint density at radius 1 is 1.61 bits per heavy atom. The SMILES string of the molecule is CC(=O)Nc1nnc(SCC[C@@H]2CCCN2C)s1. The average Bonchev–Trinajstić information content (AvgIpc) is 2.89. The van der Waals surface area contributed by atoms with Crippen molar-refractivity contribution in [3.05, 3.63) is 0 Å². The van der Waals surface area contributed by atoms with Crippen molar-refractivity contribution < 1.29 is 4.79 Å². The number of rotatable bonds is 5. The molecule has 7 heteroatoms. The molecule has 1 atom stereocenters. The normalized spacial score (nSPS) is 20.2. The van der Waals surface area contributed by atoms with Gasteiger partial charge < -0.3 is 10.2 Å². The number of carbonyl (C=O) groups excluding carboxylic acids is 1. The maximum absolute atomic E-state index is 10.9. The number of nitrogens with zero attached hydrogens (tertiary/aromatic N) is 3. The topological polar surface area (TPSA) is 58.1 Å². The molecule has 0 saturated carbocycles. The van der Waals surface area contributed by atoms with E-state index in [4.69, 9.17) is 0 Å². The van der Waals surface area contributed by atoms with Crippen LogP contribution in [0.5, 0.6) is 0 Å². The molecule has 0 aliphatic carbocycles. The molecule has 0 unspecified atom stereocenters. The summed E-state index contributed by atoms with van der Waals surface area (Å²) < 4.78 is 0.930. The fraction of sp³-hybridized carbons (Fsp3) is 0.727. The Kier molecular flexibility index (Phi) is 4.96. The quantitative estimate of drug-likeness (QED) is 0.663. The van der Waals surface area contributed by atoms with Crippen LogP contribution in [0.2, 0.25) is 0 Å². The summed E-state index contributed by atoms with van der Waals surface area (Å²) in [6, 6.07) is 0.722. The van der Waals surface area contributed by atoms with Crippen molar-refractivity contribution in [2.24, 2.45) is 0 Å². The minimum atomic E-state index is -0.102. The van der Waals surface area contributed by atoms with Crippen LogP contribution in [0, 0.1) is 0 Å². The number of hydrogen-bond donors (Lipinski definition) is 1. The van der Waals surface area contributed by atoms with Gasteiger partial charge in [0, 0.05) is 18.7 Å². The lowest BCUT2D eigenvalue weighted by atomic mass is 10.2. The molecule has 0 aromatic carbocycles. The predicted molar refractivity (Wildman–Crippen MR) is 75.2 cm³/mol. The maximum atomic E-state index is 10.9. The molecule has 1 aromatic rings. The third kappa shape index (κ3) is 3.93. The first kappa shape index (κ1) is 13.8. The van der Waals surface area contributed by atoms with Crippen LogP contribution >= 0.6 is 23.1 Å². The first-order chi connectivity index (χ1) is 8.65. The van der Waals surface area contributed by atoms with Gasteiger partial charge in [0.25, 0.3) is 0 Å². The number of nitrogens with one attached hydrogen (secondary N) is 1. The van der Waals surface area contributed by atoms with Gasteiger partial charge in [-0.3, -0.25) is 4.79 Å². The van der Waals surface area contributed by atoms with Crippen molar-refractivity contribution in [1.82, 2.24) is 15.1 Å². The van der Waals surface area contributed by atoms with Crippen LogP contribution in [-0.2, 0) is 4.79 Å². The predicted octanol–water partition coefficient (Wildman–Crippen LogP) is 2.07. The molecular weight excluding hydrogens is 268 g/mol. The number of likely N-dealkylation sites (tertiary alicyclic amines) is 1. The highest BCUT2D eigenvalue weighted by molar-refractivity contribution is 8.01. The summed E-state index contributed by atoms with van der Waals surface area (Å²) >= 11 is 3.16. The Hall–Kier alpha value is -0.660. The highest BCUT2D eigenvalue weighted by atomic mass is 32.2. The smallest absolute Gasteiger partial charge is 0.223 e. The number of aromatic nitrogens is 2. The highest BCUT2D eigenvalue weighted by Gasteiger charge is 2.20. The number of amides is 1. The molecule has 1 aromatic heterocycles. The Labute approximate surface area is 115 Å². The van der Waals surface area contributed by atoms with Gasteiger partial charge in [0.05, 0.1) is 0 Å². The summed E-state index contributed by atoms with van der Waals surface area (Å²) in [7, 11) is 2.20. The average molecular weight is 286 g/mol. The third-order valence-electron chi connectivity index (χ3n) is 3.04. The van der Waals surface area contributed by atoms with E-state index in [1.54, 1.807) is 11.8 Å². The fourth-order valence-corrected chi connectivity index (χ4v) is 4.00. The summed E-state index contributed by atoms with van der Waals surface area (Å²) in [5.74, 6) is 0.958. The minimum absolute atomic E-state index is 0.102. The Balaban J connectivity index is 1.73. The van der Waals surface area contributed by atoms with Gasteiger partial charge in [0.15, 0.2) is 4.34 Å². The van der Waals surface area contributed by atoms with E-state index in [0.717, 1.165) is 16.1 Å². The number of carbonyl (C=O) groups is 1. The van der Waals surface area contributed by atoms with Crippen LogP contribution < -0.4 is 5.32 Å². The first-order valence-electron chi connectivity index (χ1n) is 6.09. The molecular formula is C11H18N4OS2. The molecule has 5 nitrogen and oxygen atoms in total. The van der Waals surface area contributed by atoms with Crippen molar-refractivity contribution in [3.8, 4) is 0 Å². The summed E-state index contributed by atoms with van der Waals surface area (Å²) in [4.78, 5) is 13.3. The Bertz CT molecular complexity index is 410. The zero-order valence-electron chi connectivity index (χ0n) is 10.7. The molecule has 1 amide bonds. The lowest BCUT2D eigenvalue weighted by Crippen LogP contribution is -2.25. The van der Waals surface area contributed by atoms with E-state index in [9.17, 15) is 4.79 Å². The van der Waals surface area contributed by atoms with Gasteiger partial charge in [-0.25, -0.2) is 0 Å². The largest absolute Gasteiger partial charge is 0.303 e. The molecule has 1 N–H and O–H groups in total. The lowest BCUT2D eigenvalue weighted by Gasteiger charge is -2.18. The third-order valence-corrected chi connectivity index (χ3v) is 5.04. The summed E-state index contributed by atoms with van der Waals surface area (Å²) in [6.45, 7) is 2.70. The molecule has 18 heavy (non-hydrogen) atoms. The number of thioether (sulfide) groups is 1. The molecule has 2 rings (SSSR count). The Morgan fingerprint density at radius 2 is 2.44 bits per heavy atom. The van der Waals surface area contributed by atoms with E-state index in [1.807, 2.05) is 0 Å². The van der Waals surface area contributed by atoms with Gasteiger partial charge in [-0.05, 0) is 32.9 Å². The second-order valence-corrected chi connectivity index (χ2v) is 6.79. The van der Waals surface area contributed by atoms with E-state index >= 15 is 0 Å². The lowest BCUT2D eigenvalue weighted by molar-refractivity contribution is -0.114. The van der Waals surface area contributed by atoms with Crippen molar-refractivity contribution in [2.45, 2.75) is 36.6 Å². The van der Waals surface area contributed by atoms with Crippen LogP contribution in [0.15, 0.2) is 4.34 Å². The summed E-state index contributed by atoms with van der Waals surface area (Å²) in [5.41, 5.74) is 0. The molecule has 100 valence electrons. The van der Waals surface area contributed by atoms with Gasteiger partial charge in [-0.2, -0.15) is 0 Å². The van der Waals surface area contributed by atoms with Gasteiger partial charge in [0.1, 0.15) is 0 Å². The molecule has 2 heterocycles. The van der Waals surface area contributed by atoms with E-state index in [0.29, 0.717) is 5.13 Å². The van der Waals surface area contributed by atoms with Gasteiger partial charge >= 0.3 is 0 Å². The van der Waals surface area contributed by atoms with Gasteiger partial charge in [-0.1, -0.05) is 23.1 Å². The minimum Gasteiger partial charge on any atom is -0.303 e. The standard InChI is InChI=1S/C11H18N4OS2/c1-8(16)12-10-13-14-11(18-10)17-7-5-9-4-3-6-15(9)2/h9H,3-7H2,1-2H3,(H,12,13,16)/t9-/m0/s1. The first-order valence-corrected chi connectivity index (χ1v) is 7.89. The summed E-state index contributed by atoms with van der Waals surface area (Å²) in [6.07, 6.45) is 3.82. The highest BCUT2D eigenvalue weighted by Crippen LogP contribution is 2.28. The van der Waals surface area contributed by atoms with Crippen LogP contribution in [0.3, 0.4) is 0 Å². The zero-order valence-corrected chi connectivity index (χ0v) is 12.3. The van der Waals surface area contributed by atoms with Crippen molar-refractivity contribution in [1.29, 1.82) is 0 Å². The molecule has 0 spiro atoms. The van der Waals surface area contributed by atoms with E-state index in [2.05, 4.69) is 27.5 Å². The summed E-state index contributed by atoms with van der Waals surface area (Å²) in [5, 5.41) is 11.2. The fourth-order valence-electron chi connectivity index (χ4n) is 2.10. The molecule has 0 bridgehead atoms. The van der Waals surface area contributed by atoms with Crippen molar-refractivity contribution >= 4 is 34.1 Å². The van der Waals surface area contributed by atoms with Crippen LogP contribution in [0.4, 0.5) is 5.13 Å². The molecule has 1 saturated heterocycles. The van der Waals surface area contributed by atoms with Crippen LogP contribution in [0.1, 0.15) is 26.2 Å². The van der Waals surface area contributed by atoms with Crippen molar-refractivity contribution in [3.63, 3.8) is 0 Å². The van der Waals surface area contributed by atoms with Crippen molar-refractivity contribution in [2.75, 3.05) is 24.7 Å². The second-order valence-electron chi connectivity index (χ2n) is 4.47. The monoisotopic (exact) mass is 286 g/mol. The second kappa shape index (κ2) is 6.49. The van der Waals surface area contributed by atoms with E-state index < -0.39 is 0 Å². The van der Waals surface area contributed by atoms with Gasteiger partial charge in [0.2, 0.25) is 11.0 Å². The maximum Gasteiger partial charge on any atom is 0.223 e. The number of hydrogen-bond acceptors (Lipinski definition) is 6. The van der Waals surface area contributed by atoms with Crippen LogP contribution in [-0.4, -0.2) is 46.4 Å². The number of anilines is 1. The Morgan fingerprint density at radius 3 is 3.11 bits per heavy atom. The zero-order chi connectivity index (χ0) is 13.0. The van der Waals surface area contributed by atoms with E-state index in [-0.39, 0.29) is 5.91 Å². The molecule has 0 radical (unpaired) electrons. The van der Waals surface area contributed by atoms with Gasteiger partial charge in [-0.15, -0.1) is 10.2 Å². The van der Waals surface area contributed by atoms with E-state index in [1.165, 1.54) is 44.1 Å². The van der Waals surface area contributed by atoms with Crippen LogP contribution in [0.25, 0.3) is 0 Å². The molecule has 1 aliphatic heterocycles. The molecule has 1 fully saturated rings.